The first kappa shape index (κ1) is 21.1. The second-order valence-corrected chi connectivity index (χ2v) is 5.53. The highest BCUT2D eigenvalue weighted by Crippen LogP contribution is 2.19. The molecule has 136 valence electrons. The van der Waals surface area contributed by atoms with Crippen LogP contribution in [0.15, 0.2) is 47.6 Å². The SMILES string of the molecule is CN=C(NCc1ccc(OC(C)C)c(F)c1)NCc1ccccn1.I. The quantitative estimate of drug-likeness (QED) is 0.396. The van der Waals surface area contributed by atoms with Gasteiger partial charge in [-0.3, -0.25) is 9.98 Å². The molecule has 0 aliphatic rings. The van der Waals surface area contributed by atoms with Crippen molar-refractivity contribution < 1.29 is 9.13 Å². The number of guanidine groups is 1. The van der Waals surface area contributed by atoms with Gasteiger partial charge in [0.2, 0.25) is 0 Å². The number of nitrogens with one attached hydrogen (secondary N) is 2. The molecule has 25 heavy (non-hydrogen) atoms. The Kier molecular flexibility index (Phi) is 9.18. The Bertz CT molecular complexity index is 680. The van der Waals surface area contributed by atoms with Crippen molar-refractivity contribution in [2.75, 3.05) is 7.05 Å². The lowest BCUT2D eigenvalue weighted by molar-refractivity contribution is 0.231. The summed E-state index contributed by atoms with van der Waals surface area (Å²) in [5, 5.41) is 6.31. The molecular weight excluding hydrogens is 434 g/mol. The predicted octanol–water partition coefficient (Wildman–Crippen LogP) is 3.49. The molecule has 0 aliphatic carbocycles. The van der Waals surface area contributed by atoms with E-state index in [0.29, 0.717) is 19.0 Å². The number of benzene rings is 1. The number of aromatic nitrogens is 1. The number of hydrogen-bond acceptors (Lipinski definition) is 3. The van der Waals surface area contributed by atoms with Gasteiger partial charge in [0.15, 0.2) is 17.5 Å². The number of aliphatic imine (C=N–C) groups is 1. The van der Waals surface area contributed by atoms with Gasteiger partial charge in [-0.15, -0.1) is 24.0 Å². The number of ether oxygens (including phenoxy) is 1. The first-order valence-electron chi connectivity index (χ1n) is 7.88. The first-order chi connectivity index (χ1) is 11.6. The maximum atomic E-state index is 14.0. The fourth-order valence-corrected chi connectivity index (χ4v) is 2.09. The van der Waals surface area contributed by atoms with E-state index in [1.165, 1.54) is 6.07 Å². The van der Waals surface area contributed by atoms with Gasteiger partial charge in [0.1, 0.15) is 0 Å². The second-order valence-electron chi connectivity index (χ2n) is 5.53. The van der Waals surface area contributed by atoms with Gasteiger partial charge in [0.25, 0.3) is 0 Å². The molecule has 2 rings (SSSR count). The van der Waals surface area contributed by atoms with Gasteiger partial charge in [0, 0.05) is 19.8 Å². The van der Waals surface area contributed by atoms with E-state index in [2.05, 4.69) is 20.6 Å². The van der Waals surface area contributed by atoms with E-state index in [-0.39, 0.29) is 41.6 Å². The molecule has 1 aromatic heterocycles. The molecule has 0 radical (unpaired) electrons. The summed E-state index contributed by atoms with van der Waals surface area (Å²) in [5.41, 5.74) is 1.73. The summed E-state index contributed by atoms with van der Waals surface area (Å²) in [5.74, 6) is 0.536. The molecule has 0 saturated carbocycles. The highest BCUT2D eigenvalue weighted by atomic mass is 127. The van der Waals surface area contributed by atoms with Crippen LogP contribution in [0.2, 0.25) is 0 Å². The lowest BCUT2D eigenvalue weighted by Gasteiger charge is -2.13. The topological polar surface area (TPSA) is 58.5 Å². The molecule has 0 fully saturated rings. The van der Waals surface area contributed by atoms with Gasteiger partial charge < -0.3 is 15.4 Å². The molecule has 5 nitrogen and oxygen atoms in total. The fourth-order valence-electron chi connectivity index (χ4n) is 2.09. The zero-order chi connectivity index (χ0) is 17.4. The Balaban J connectivity index is 0.00000312. The minimum absolute atomic E-state index is 0. The van der Waals surface area contributed by atoms with Crippen molar-refractivity contribution in [2.24, 2.45) is 4.99 Å². The van der Waals surface area contributed by atoms with Crippen LogP contribution in [-0.4, -0.2) is 24.1 Å². The zero-order valence-corrected chi connectivity index (χ0v) is 17.0. The zero-order valence-electron chi connectivity index (χ0n) is 14.6. The van der Waals surface area contributed by atoms with Crippen molar-refractivity contribution in [3.8, 4) is 5.75 Å². The molecule has 0 bridgehead atoms. The molecule has 0 saturated heterocycles. The average Bonchev–Trinajstić information content (AvgIpc) is 2.58. The largest absolute Gasteiger partial charge is 0.488 e. The number of nitrogens with zero attached hydrogens (tertiary/aromatic N) is 2. The third-order valence-corrected chi connectivity index (χ3v) is 3.21. The van der Waals surface area contributed by atoms with Crippen molar-refractivity contribution in [1.82, 2.24) is 15.6 Å². The van der Waals surface area contributed by atoms with E-state index in [0.717, 1.165) is 11.3 Å². The Morgan fingerprint density at radius 3 is 2.56 bits per heavy atom. The van der Waals surface area contributed by atoms with Crippen LogP contribution >= 0.6 is 24.0 Å². The monoisotopic (exact) mass is 458 g/mol. The van der Waals surface area contributed by atoms with E-state index in [4.69, 9.17) is 4.74 Å². The van der Waals surface area contributed by atoms with Gasteiger partial charge in [-0.25, -0.2) is 4.39 Å². The highest BCUT2D eigenvalue weighted by molar-refractivity contribution is 14.0. The lowest BCUT2D eigenvalue weighted by Crippen LogP contribution is -2.36. The molecule has 0 aliphatic heterocycles. The first-order valence-corrected chi connectivity index (χ1v) is 7.88. The van der Waals surface area contributed by atoms with Crippen LogP contribution in [0.25, 0.3) is 0 Å². The van der Waals surface area contributed by atoms with Gasteiger partial charge in [0.05, 0.1) is 18.3 Å². The van der Waals surface area contributed by atoms with Gasteiger partial charge in [-0.1, -0.05) is 12.1 Å². The number of halogens is 2. The molecule has 0 unspecified atom stereocenters. The van der Waals surface area contributed by atoms with Crippen LogP contribution in [0.4, 0.5) is 4.39 Å². The summed E-state index contributed by atoms with van der Waals surface area (Å²) in [6.45, 7) is 4.76. The Labute approximate surface area is 165 Å². The molecule has 2 N–H and O–H groups in total. The summed E-state index contributed by atoms with van der Waals surface area (Å²) < 4.78 is 19.4. The summed E-state index contributed by atoms with van der Waals surface area (Å²) in [6, 6.07) is 10.7. The van der Waals surface area contributed by atoms with Crippen molar-refractivity contribution in [3.05, 3.63) is 59.7 Å². The van der Waals surface area contributed by atoms with E-state index in [1.807, 2.05) is 38.1 Å². The minimum Gasteiger partial charge on any atom is -0.488 e. The Morgan fingerprint density at radius 1 is 1.20 bits per heavy atom. The van der Waals surface area contributed by atoms with Gasteiger partial charge in [-0.05, 0) is 43.7 Å². The third kappa shape index (κ3) is 7.25. The number of hydrogen-bond donors (Lipinski definition) is 2. The summed E-state index contributed by atoms with van der Waals surface area (Å²) in [4.78, 5) is 8.39. The molecule has 0 amide bonds. The molecule has 1 aromatic carbocycles. The standard InChI is InChI=1S/C18H23FN4O.HI/c1-13(2)24-17-8-7-14(10-16(17)19)11-22-18(20-3)23-12-15-6-4-5-9-21-15;/h4-10,13H,11-12H2,1-3H3,(H2,20,22,23);1H. The summed E-state index contributed by atoms with van der Waals surface area (Å²) >= 11 is 0. The van der Waals surface area contributed by atoms with Crippen molar-refractivity contribution in [3.63, 3.8) is 0 Å². The maximum Gasteiger partial charge on any atom is 0.191 e. The normalized spacial score (nSPS) is 11.0. The van der Waals surface area contributed by atoms with E-state index < -0.39 is 0 Å². The fraction of sp³-hybridized carbons (Fsp3) is 0.333. The van der Waals surface area contributed by atoms with Crippen molar-refractivity contribution in [1.29, 1.82) is 0 Å². The molecule has 7 heteroatoms. The Hall–Kier alpha value is -1.90. The minimum atomic E-state index is -0.362. The average molecular weight is 458 g/mol. The second kappa shape index (κ2) is 10.9. The van der Waals surface area contributed by atoms with Crippen LogP contribution in [0.1, 0.15) is 25.1 Å². The highest BCUT2D eigenvalue weighted by Gasteiger charge is 2.07. The smallest absolute Gasteiger partial charge is 0.191 e. The van der Waals surface area contributed by atoms with E-state index in [1.54, 1.807) is 19.3 Å². The predicted molar refractivity (Wildman–Crippen MR) is 109 cm³/mol. The van der Waals surface area contributed by atoms with Gasteiger partial charge in [-0.2, -0.15) is 0 Å². The van der Waals surface area contributed by atoms with Crippen molar-refractivity contribution >= 4 is 29.9 Å². The number of pyridine rings is 1. The molecule has 0 spiro atoms. The molecular formula is C18H24FIN4O. The van der Waals surface area contributed by atoms with Crippen LogP contribution in [0, 0.1) is 5.82 Å². The van der Waals surface area contributed by atoms with Gasteiger partial charge >= 0.3 is 0 Å². The van der Waals surface area contributed by atoms with E-state index in [9.17, 15) is 4.39 Å². The lowest BCUT2D eigenvalue weighted by atomic mass is 10.2. The number of rotatable bonds is 6. The van der Waals surface area contributed by atoms with Crippen molar-refractivity contribution in [2.45, 2.75) is 33.0 Å². The molecule has 1 heterocycles. The summed E-state index contributed by atoms with van der Waals surface area (Å²) in [7, 11) is 1.69. The van der Waals surface area contributed by atoms with Crippen LogP contribution in [0.5, 0.6) is 5.75 Å². The summed E-state index contributed by atoms with van der Waals surface area (Å²) in [6.07, 6.45) is 1.69. The van der Waals surface area contributed by atoms with Crippen LogP contribution in [-0.2, 0) is 13.1 Å². The Morgan fingerprint density at radius 2 is 1.96 bits per heavy atom. The maximum absolute atomic E-state index is 14.0. The molecule has 2 aromatic rings. The van der Waals surface area contributed by atoms with Crippen LogP contribution in [0.3, 0.4) is 0 Å². The third-order valence-electron chi connectivity index (χ3n) is 3.21. The molecule has 0 atom stereocenters. The van der Waals surface area contributed by atoms with Crippen LogP contribution < -0.4 is 15.4 Å². The van der Waals surface area contributed by atoms with E-state index >= 15 is 0 Å².